The SMILES string of the molecule is Cc1ccc(NC(=O)c2nc[nH]c2C(=O)Nc2cc(C)ccc2C)cc1. The zero-order chi connectivity index (χ0) is 18.7. The molecular formula is C20H20N4O2. The molecule has 1 heterocycles. The maximum absolute atomic E-state index is 12.6. The molecule has 0 saturated heterocycles. The highest BCUT2D eigenvalue weighted by Gasteiger charge is 2.21. The fourth-order valence-electron chi connectivity index (χ4n) is 2.52. The first-order chi connectivity index (χ1) is 12.4. The third-order valence-electron chi connectivity index (χ3n) is 4.03. The van der Waals surface area contributed by atoms with Crippen LogP contribution in [0.15, 0.2) is 48.8 Å². The van der Waals surface area contributed by atoms with Crippen LogP contribution in [0.1, 0.15) is 37.7 Å². The van der Waals surface area contributed by atoms with Gasteiger partial charge in [0, 0.05) is 11.4 Å². The molecule has 1 aromatic heterocycles. The number of hydrogen-bond acceptors (Lipinski definition) is 3. The van der Waals surface area contributed by atoms with Crippen LogP contribution in [-0.4, -0.2) is 21.8 Å². The van der Waals surface area contributed by atoms with Gasteiger partial charge in [0.25, 0.3) is 11.8 Å². The number of benzene rings is 2. The van der Waals surface area contributed by atoms with E-state index in [0.29, 0.717) is 11.4 Å². The Hall–Kier alpha value is -3.41. The van der Waals surface area contributed by atoms with Crippen LogP contribution in [0.2, 0.25) is 0 Å². The molecule has 0 aliphatic rings. The van der Waals surface area contributed by atoms with Crippen molar-refractivity contribution in [3.63, 3.8) is 0 Å². The number of hydrogen-bond donors (Lipinski definition) is 3. The van der Waals surface area contributed by atoms with Crippen molar-refractivity contribution in [3.8, 4) is 0 Å². The summed E-state index contributed by atoms with van der Waals surface area (Å²) in [5.74, 6) is -0.855. The molecule has 132 valence electrons. The highest BCUT2D eigenvalue weighted by molar-refractivity contribution is 6.13. The Labute approximate surface area is 151 Å². The maximum Gasteiger partial charge on any atom is 0.276 e. The molecule has 0 aliphatic carbocycles. The Morgan fingerprint density at radius 2 is 1.58 bits per heavy atom. The zero-order valence-corrected chi connectivity index (χ0v) is 14.9. The van der Waals surface area contributed by atoms with E-state index >= 15 is 0 Å². The van der Waals surface area contributed by atoms with E-state index in [1.165, 1.54) is 6.33 Å². The Bertz CT molecular complexity index is 958. The monoisotopic (exact) mass is 348 g/mol. The number of H-pyrrole nitrogens is 1. The van der Waals surface area contributed by atoms with E-state index in [-0.39, 0.29) is 11.4 Å². The molecule has 0 radical (unpaired) electrons. The molecule has 0 bridgehead atoms. The summed E-state index contributed by atoms with van der Waals surface area (Å²) in [7, 11) is 0. The highest BCUT2D eigenvalue weighted by atomic mass is 16.2. The number of aromatic amines is 1. The molecule has 3 aromatic rings. The summed E-state index contributed by atoms with van der Waals surface area (Å²) in [6.45, 7) is 5.83. The molecule has 6 nitrogen and oxygen atoms in total. The Morgan fingerprint density at radius 3 is 2.31 bits per heavy atom. The molecule has 0 spiro atoms. The van der Waals surface area contributed by atoms with Crippen molar-refractivity contribution in [2.75, 3.05) is 10.6 Å². The standard InChI is InChI=1S/C20H20N4O2/c1-12-5-8-15(9-6-12)23-19(25)17-18(22-11-21-17)20(26)24-16-10-13(2)4-7-14(16)3/h4-11H,1-3H3,(H,21,22)(H,23,25)(H,24,26). The second kappa shape index (κ2) is 7.23. The topological polar surface area (TPSA) is 86.9 Å². The summed E-state index contributed by atoms with van der Waals surface area (Å²) in [4.78, 5) is 31.8. The molecule has 2 amide bonds. The van der Waals surface area contributed by atoms with Crippen molar-refractivity contribution in [2.24, 2.45) is 0 Å². The van der Waals surface area contributed by atoms with Crippen LogP contribution in [0.4, 0.5) is 11.4 Å². The van der Waals surface area contributed by atoms with Crippen molar-refractivity contribution in [1.82, 2.24) is 9.97 Å². The molecule has 6 heteroatoms. The van der Waals surface area contributed by atoms with E-state index in [1.54, 1.807) is 12.1 Å². The second-order valence-electron chi connectivity index (χ2n) is 6.22. The minimum absolute atomic E-state index is 0.0494. The molecule has 0 fully saturated rings. The lowest BCUT2D eigenvalue weighted by Gasteiger charge is -2.10. The van der Waals surface area contributed by atoms with Gasteiger partial charge in [-0.1, -0.05) is 29.8 Å². The number of carbonyl (C=O) groups is 2. The van der Waals surface area contributed by atoms with Gasteiger partial charge in [0.15, 0.2) is 5.69 Å². The number of nitrogens with zero attached hydrogens (tertiary/aromatic N) is 1. The molecule has 0 atom stereocenters. The number of rotatable bonds is 4. The van der Waals surface area contributed by atoms with E-state index in [1.807, 2.05) is 51.1 Å². The average Bonchev–Trinajstić information content (AvgIpc) is 3.10. The van der Waals surface area contributed by atoms with E-state index in [0.717, 1.165) is 16.7 Å². The summed E-state index contributed by atoms with van der Waals surface area (Å²) in [5.41, 5.74) is 4.58. The number of nitrogens with one attached hydrogen (secondary N) is 3. The quantitative estimate of drug-likeness (QED) is 0.669. The Balaban J connectivity index is 1.79. The van der Waals surface area contributed by atoms with Gasteiger partial charge in [0.1, 0.15) is 5.69 Å². The first-order valence-corrected chi connectivity index (χ1v) is 8.24. The van der Waals surface area contributed by atoms with Crippen LogP contribution < -0.4 is 10.6 Å². The van der Waals surface area contributed by atoms with Gasteiger partial charge >= 0.3 is 0 Å². The lowest BCUT2D eigenvalue weighted by molar-refractivity contribution is 0.0985. The first-order valence-electron chi connectivity index (χ1n) is 8.24. The minimum Gasteiger partial charge on any atom is -0.340 e. The van der Waals surface area contributed by atoms with Gasteiger partial charge in [-0.05, 0) is 50.1 Å². The summed E-state index contributed by atoms with van der Waals surface area (Å²) in [5, 5.41) is 5.58. The van der Waals surface area contributed by atoms with Crippen LogP contribution in [0.5, 0.6) is 0 Å². The first kappa shape index (κ1) is 17.4. The van der Waals surface area contributed by atoms with E-state index in [2.05, 4.69) is 20.6 Å². The average molecular weight is 348 g/mol. The Kier molecular flexibility index (Phi) is 4.84. The zero-order valence-electron chi connectivity index (χ0n) is 14.9. The molecule has 3 N–H and O–H groups in total. The van der Waals surface area contributed by atoms with Gasteiger partial charge in [-0.15, -0.1) is 0 Å². The smallest absolute Gasteiger partial charge is 0.276 e. The summed E-state index contributed by atoms with van der Waals surface area (Å²) < 4.78 is 0. The predicted molar refractivity (Wildman–Crippen MR) is 102 cm³/mol. The highest BCUT2D eigenvalue weighted by Crippen LogP contribution is 2.18. The summed E-state index contributed by atoms with van der Waals surface area (Å²) >= 11 is 0. The van der Waals surface area contributed by atoms with Crippen molar-refractivity contribution in [3.05, 3.63) is 76.9 Å². The number of imidazole rings is 1. The van der Waals surface area contributed by atoms with Crippen LogP contribution in [0.3, 0.4) is 0 Å². The second-order valence-corrected chi connectivity index (χ2v) is 6.22. The van der Waals surface area contributed by atoms with Gasteiger partial charge < -0.3 is 15.6 Å². The van der Waals surface area contributed by atoms with Crippen molar-refractivity contribution >= 4 is 23.2 Å². The molecule has 0 aliphatic heterocycles. The van der Waals surface area contributed by atoms with Crippen LogP contribution in [0, 0.1) is 20.8 Å². The fraction of sp³-hybridized carbons (Fsp3) is 0.150. The van der Waals surface area contributed by atoms with Gasteiger partial charge in [0.2, 0.25) is 0 Å². The number of amides is 2. The van der Waals surface area contributed by atoms with Crippen LogP contribution >= 0.6 is 0 Å². The van der Waals surface area contributed by atoms with E-state index in [9.17, 15) is 9.59 Å². The number of aromatic nitrogens is 2. The summed E-state index contributed by atoms with van der Waals surface area (Å²) in [6.07, 6.45) is 1.34. The van der Waals surface area contributed by atoms with Gasteiger partial charge in [-0.3, -0.25) is 9.59 Å². The maximum atomic E-state index is 12.6. The number of aryl methyl sites for hydroxylation is 3. The Morgan fingerprint density at radius 1 is 0.885 bits per heavy atom. The molecule has 0 saturated carbocycles. The number of carbonyl (C=O) groups excluding carboxylic acids is 2. The molecule has 0 unspecified atom stereocenters. The van der Waals surface area contributed by atoms with Crippen molar-refractivity contribution < 1.29 is 9.59 Å². The third kappa shape index (κ3) is 3.80. The van der Waals surface area contributed by atoms with E-state index < -0.39 is 11.8 Å². The lowest BCUT2D eigenvalue weighted by atomic mass is 10.1. The normalized spacial score (nSPS) is 10.4. The van der Waals surface area contributed by atoms with Crippen LogP contribution in [-0.2, 0) is 0 Å². The molecule has 3 rings (SSSR count). The molecule has 26 heavy (non-hydrogen) atoms. The molecular weight excluding hydrogens is 328 g/mol. The number of anilines is 2. The van der Waals surface area contributed by atoms with Crippen molar-refractivity contribution in [1.29, 1.82) is 0 Å². The third-order valence-corrected chi connectivity index (χ3v) is 4.03. The van der Waals surface area contributed by atoms with E-state index in [4.69, 9.17) is 0 Å². The largest absolute Gasteiger partial charge is 0.340 e. The summed E-state index contributed by atoms with van der Waals surface area (Å²) in [6, 6.07) is 13.2. The van der Waals surface area contributed by atoms with Crippen molar-refractivity contribution in [2.45, 2.75) is 20.8 Å². The fourth-order valence-corrected chi connectivity index (χ4v) is 2.52. The van der Waals surface area contributed by atoms with Gasteiger partial charge in [-0.25, -0.2) is 4.98 Å². The minimum atomic E-state index is -0.443. The predicted octanol–water partition coefficient (Wildman–Crippen LogP) is 3.84. The van der Waals surface area contributed by atoms with Gasteiger partial charge in [0.05, 0.1) is 6.33 Å². The lowest BCUT2D eigenvalue weighted by Crippen LogP contribution is -2.20. The van der Waals surface area contributed by atoms with Crippen LogP contribution in [0.25, 0.3) is 0 Å². The molecule has 2 aromatic carbocycles. The van der Waals surface area contributed by atoms with Gasteiger partial charge in [-0.2, -0.15) is 0 Å².